The van der Waals surface area contributed by atoms with Gasteiger partial charge in [-0.3, -0.25) is 14.9 Å². The summed E-state index contributed by atoms with van der Waals surface area (Å²) in [4.78, 5) is 23.7. The van der Waals surface area contributed by atoms with Crippen LogP contribution in [0.4, 0.5) is 5.69 Å². The van der Waals surface area contributed by atoms with Gasteiger partial charge in [0, 0.05) is 50.8 Å². The number of carbonyl (C=O) groups excluding carboxylic acids is 1. The van der Waals surface area contributed by atoms with Crippen molar-refractivity contribution in [2.45, 2.75) is 24.3 Å². The molecule has 1 fully saturated rings. The maximum Gasteiger partial charge on any atom is 0.269 e. The molecule has 1 unspecified atom stereocenters. The van der Waals surface area contributed by atoms with E-state index in [9.17, 15) is 23.3 Å². The van der Waals surface area contributed by atoms with E-state index in [0.717, 1.165) is 18.7 Å². The zero-order valence-corrected chi connectivity index (χ0v) is 15.3. The molecule has 1 aromatic rings. The van der Waals surface area contributed by atoms with Crippen LogP contribution < -0.4 is 10.0 Å². The van der Waals surface area contributed by atoms with Gasteiger partial charge >= 0.3 is 0 Å². The summed E-state index contributed by atoms with van der Waals surface area (Å²) in [5.74, 6) is -0.102. The molecule has 25 heavy (non-hydrogen) atoms. The largest absolute Gasteiger partial charge is 0.340 e. The lowest BCUT2D eigenvalue weighted by Crippen LogP contribution is -2.51. The fraction of sp³-hybridized carbons (Fsp3) is 0.500. The van der Waals surface area contributed by atoms with Gasteiger partial charge < -0.3 is 10.2 Å². The number of benzene rings is 1. The Morgan fingerprint density at radius 3 is 2.60 bits per heavy atom. The van der Waals surface area contributed by atoms with Crippen LogP contribution in [0, 0.1) is 10.1 Å². The number of sulfonamides is 1. The lowest BCUT2D eigenvalue weighted by molar-refractivity contribution is -0.384. The number of nitrogens with zero attached hydrogens (tertiary/aromatic N) is 2. The van der Waals surface area contributed by atoms with Gasteiger partial charge in [0.25, 0.3) is 5.69 Å². The molecule has 1 aliphatic rings. The lowest BCUT2D eigenvalue weighted by Gasteiger charge is -2.32. The van der Waals surface area contributed by atoms with E-state index < -0.39 is 14.9 Å². The second kappa shape index (κ2) is 9.09. The van der Waals surface area contributed by atoms with Gasteiger partial charge in [0.15, 0.2) is 0 Å². The number of nitro groups is 1. The summed E-state index contributed by atoms with van der Waals surface area (Å²) in [7, 11) is -3.80. The number of non-ortho nitro benzene ring substituents is 1. The van der Waals surface area contributed by atoms with Crippen molar-refractivity contribution < 1.29 is 18.1 Å². The Morgan fingerprint density at radius 2 is 2.04 bits per heavy atom. The molecular formula is C14H21ClN4O5S. The van der Waals surface area contributed by atoms with E-state index in [-0.39, 0.29) is 47.9 Å². The third-order valence-electron chi connectivity index (χ3n) is 3.71. The standard InChI is InChI=1S/C14H20N4O5S.ClH/c1-11-10-17(9-8-15-11)14(19)6-7-16-24(22,23)13-4-2-12(3-5-13)18(20)21;/h2-5,11,15-16H,6-10H2,1H3;1H. The van der Waals surface area contributed by atoms with Crippen molar-refractivity contribution in [1.82, 2.24) is 14.9 Å². The van der Waals surface area contributed by atoms with Crippen molar-refractivity contribution in [3.8, 4) is 0 Å². The molecule has 2 N–H and O–H groups in total. The summed E-state index contributed by atoms with van der Waals surface area (Å²) in [6.45, 7) is 3.90. The monoisotopic (exact) mass is 392 g/mol. The molecule has 1 aliphatic heterocycles. The summed E-state index contributed by atoms with van der Waals surface area (Å²) < 4.78 is 26.6. The number of nitrogens with one attached hydrogen (secondary N) is 2. The second-order valence-corrected chi connectivity index (χ2v) is 7.36. The molecule has 140 valence electrons. The highest BCUT2D eigenvalue weighted by Gasteiger charge is 2.21. The highest BCUT2D eigenvalue weighted by Crippen LogP contribution is 2.15. The molecule has 0 aromatic heterocycles. The van der Waals surface area contributed by atoms with Gasteiger partial charge in [-0.25, -0.2) is 13.1 Å². The van der Waals surface area contributed by atoms with E-state index >= 15 is 0 Å². The molecule has 0 spiro atoms. The normalized spacial score (nSPS) is 17.6. The van der Waals surface area contributed by atoms with Crippen LogP contribution in [0.15, 0.2) is 29.2 Å². The number of rotatable bonds is 6. The van der Waals surface area contributed by atoms with E-state index in [1.165, 1.54) is 12.1 Å². The average molecular weight is 393 g/mol. The number of nitro benzene ring substituents is 1. The smallest absolute Gasteiger partial charge is 0.269 e. The fourth-order valence-electron chi connectivity index (χ4n) is 2.44. The fourth-order valence-corrected chi connectivity index (χ4v) is 3.47. The molecule has 2 rings (SSSR count). The van der Waals surface area contributed by atoms with Crippen LogP contribution in [-0.4, -0.2) is 56.4 Å². The average Bonchev–Trinajstić information content (AvgIpc) is 2.54. The van der Waals surface area contributed by atoms with Crippen LogP contribution in [0.1, 0.15) is 13.3 Å². The summed E-state index contributed by atoms with van der Waals surface area (Å²) in [5, 5.41) is 13.8. The molecule has 0 bridgehead atoms. The van der Waals surface area contributed by atoms with Gasteiger partial charge in [-0.15, -0.1) is 12.4 Å². The minimum atomic E-state index is -3.80. The van der Waals surface area contributed by atoms with Crippen LogP contribution in [0.3, 0.4) is 0 Å². The molecule has 0 saturated carbocycles. The highest BCUT2D eigenvalue weighted by molar-refractivity contribution is 7.89. The summed E-state index contributed by atoms with van der Waals surface area (Å²) in [5.41, 5.74) is -0.183. The minimum absolute atomic E-state index is 0. The van der Waals surface area contributed by atoms with Crippen molar-refractivity contribution >= 4 is 34.0 Å². The van der Waals surface area contributed by atoms with Gasteiger partial charge in [0.2, 0.25) is 15.9 Å². The molecule has 1 saturated heterocycles. The van der Waals surface area contributed by atoms with E-state index in [1.807, 2.05) is 6.92 Å². The Balaban J connectivity index is 0.00000312. The van der Waals surface area contributed by atoms with Crippen LogP contribution in [0.2, 0.25) is 0 Å². The number of carbonyl (C=O) groups is 1. The predicted octanol–water partition coefficient (Wildman–Crippen LogP) is 0.505. The second-order valence-electron chi connectivity index (χ2n) is 5.59. The molecule has 1 heterocycles. The number of hydrogen-bond acceptors (Lipinski definition) is 6. The molecule has 1 aromatic carbocycles. The lowest BCUT2D eigenvalue weighted by atomic mass is 10.2. The maximum atomic E-state index is 12.1. The zero-order chi connectivity index (χ0) is 17.7. The molecule has 1 amide bonds. The summed E-state index contributed by atoms with van der Waals surface area (Å²) >= 11 is 0. The van der Waals surface area contributed by atoms with E-state index in [4.69, 9.17) is 0 Å². The minimum Gasteiger partial charge on any atom is -0.340 e. The SMILES string of the molecule is CC1CN(C(=O)CCNS(=O)(=O)c2ccc([N+](=O)[O-])cc2)CCN1.Cl. The number of halogens is 1. The molecular weight excluding hydrogens is 372 g/mol. The van der Waals surface area contributed by atoms with Crippen molar-refractivity contribution in [2.24, 2.45) is 0 Å². The quantitative estimate of drug-likeness (QED) is 0.537. The van der Waals surface area contributed by atoms with E-state index in [0.29, 0.717) is 13.1 Å². The Bertz CT molecular complexity index is 710. The van der Waals surface area contributed by atoms with Crippen LogP contribution in [-0.2, 0) is 14.8 Å². The van der Waals surface area contributed by atoms with Gasteiger partial charge in [0.1, 0.15) is 0 Å². The van der Waals surface area contributed by atoms with Gasteiger partial charge in [-0.1, -0.05) is 0 Å². The van der Waals surface area contributed by atoms with Crippen LogP contribution in [0.5, 0.6) is 0 Å². The van der Waals surface area contributed by atoms with Crippen LogP contribution in [0.25, 0.3) is 0 Å². The van der Waals surface area contributed by atoms with Crippen molar-refractivity contribution in [3.63, 3.8) is 0 Å². The number of hydrogen-bond donors (Lipinski definition) is 2. The van der Waals surface area contributed by atoms with Crippen LogP contribution >= 0.6 is 12.4 Å². The Kier molecular flexibility index (Phi) is 7.74. The van der Waals surface area contributed by atoms with Gasteiger partial charge in [-0.05, 0) is 19.1 Å². The molecule has 0 radical (unpaired) electrons. The first-order chi connectivity index (χ1) is 11.3. The third kappa shape index (κ3) is 5.92. The first-order valence-electron chi connectivity index (χ1n) is 7.55. The van der Waals surface area contributed by atoms with Crippen molar-refractivity contribution in [3.05, 3.63) is 34.4 Å². The highest BCUT2D eigenvalue weighted by atomic mass is 35.5. The number of amides is 1. The van der Waals surface area contributed by atoms with E-state index in [2.05, 4.69) is 10.0 Å². The molecule has 11 heteroatoms. The molecule has 0 aliphatic carbocycles. The van der Waals surface area contributed by atoms with Gasteiger partial charge in [0.05, 0.1) is 9.82 Å². The van der Waals surface area contributed by atoms with Crippen molar-refractivity contribution in [2.75, 3.05) is 26.2 Å². The van der Waals surface area contributed by atoms with Gasteiger partial charge in [-0.2, -0.15) is 0 Å². The van der Waals surface area contributed by atoms with E-state index in [1.54, 1.807) is 4.90 Å². The molecule has 1 atom stereocenters. The first kappa shape index (κ1) is 21.3. The molecule has 9 nitrogen and oxygen atoms in total. The maximum absolute atomic E-state index is 12.1. The van der Waals surface area contributed by atoms with Crippen molar-refractivity contribution in [1.29, 1.82) is 0 Å². The zero-order valence-electron chi connectivity index (χ0n) is 13.7. The number of piperazine rings is 1. The Morgan fingerprint density at radius 1 is 1.40 bits per heavy atom. The topological polar surface area (TPSA) is 122 Å². The summed E-state index contributed by atoms with van der Waals surface area (Å²) in [6.07, 6.45) is 0.0684. The predicted molar refractivity (Wildman–Crippen MR) is 94.2 cm³/mol. The Labute approximate surface area is 152 Å². The summed E-state index contributed by atoms with van der Waals surface area (Å²) in [6, 6.07) is 4.81. The Hall–Kier alpha value is -1.75. The third-order valence-corrected chi connectivity index (χ3v) is 5.19. The first-order valence-corrected chi connectivity index (χ1v) is 9.03.